The Kier molecular flexibility index (Phi) is 7.03. The summed E-state index contributed by atoms with van der Waals surface area (Å²) < 4.78 is 6.40. The number of Topliss-reactive ketones (excluding diaryl/α,β-unsaturated/α-hetero) is 1. The molecule has 1 aromatic heterocycles. The highest BCUT2D eigenvalue weighted by Gasteiger charge is 2.36. The third-order valence-electron chi connectivity index (χ3n) is 6.60. The van der Waals surface area contributed by atoms with E-state index in [4.69, 9.17) is 16.3 Å². The lowest BCUT2D eigenvalue weighted by Gasteiger charge is -2.33. The average Bonchev–Trinajstić information content (AvgIpc) is 2.79. The molecular formula is C26H30ClN3O5. The van der Waals surface area contributed by atoms with Gasteiger partial charge in [0.05, 0.1) is 6.61 Å². The molecule has 0 radical (unpaired) electrons. The molecular weight excluding hydrogens is 470 g/mol. The minimum atomic E-state index is -0.491. The van der Waals surface area contributed by atoms with Crippen molar-refractivity contribution >= 4 is 29.4 Å². The second-order valence-corrected chi connectivity index (χ2v) is 10.4. The van der Waals surface area contributed by atoms with E-state index in [0.717, 1.165) is 0 Å². The average molecular weight is 500 g/mol. The van der Waals surface area contributed by atoms with Crippen molar-refractivity contribution in [1.29, 1.82) is 0 Å². The summed E-state index contributed by atoms with van der Waals surface area (Å²) in [6.07, 6.45) is 3.08. The van der Waals surface area contributed by atoms with E-state index in [1.165, 1.54) is 4.57 Å². The first-order valence-electron chi connectivity index (χ1n) is 11.9. The summed E-state index contributed by atoms with van der Waals surface area (Å²) in [5.74, 6) is -0.578. The number of rotatable bonds is 4. The molecule has 186 valence electrons. The van der Waals surface area contributed by atoms with Crippen LogP contribution >= 0.6 is 11.6 Å². The number of pyridine rings is 1. The number of hydrogen-bond acceptors (Lipinski definition) is 5. The fourth-order valence-electron chi connectivity index (χ4n) is 4.85. The zero-order valence-corrected chi connectivity index (χ0v) is 21.0. The van der Waals surface area contributed by atoms with Crippen LogP contribution in [0.25, 0.3) is 5.69 Å². The van der Waals surface area contributed by atoms with E-state index < -0.39 is 11.5 Å². The Morgan fingerprint density at radius 2 is 1.77 bits per heavy atom. The minimum Gasteiger partial charge on any atom is -0.450 e. The Balaban J connectivity index is 1.67. The maximum Gasteiger partial charge on any atom is 0.409 e. The van der Waals surface area contributed by atoms with Crippen molar-refractivity contribution in [2.45, 2.75) is 52.5 Å². The molecule has 1 saturated heterocycles. The second-order valence-electron chi connectivity index (χ2n) is 9.92. The number of halogens is 1. The Morgan fingerprint density at radius 3 is 2.40 bits per heavy atom. The van der Waals surface area contributed by atoms with Crippen LogP contribution < -0.4 is 10.9 Å². The molecule has 1 aliphatic heterocycles. The van der Waals surface area contributed by atoms with Crippen molar-refractivity contribution in [3.8, 4) is 5.69 Å². The van der Waals surface area contributed by atoms with E-state index in [0.29, 0.717) is 67.2 Å². The van der Waals surface area contributed by atoms with Crippen LogP contribution in [0.3, 0.4) is 0 Å². The zero-order valence-electron chi connectivity index (χ0n) is 20.2. The van der Waals surface area contributed by atoms with Crippen LogP contribution in [-0.2, 0) is 11.2 Å². The van der Waals surface area contributed by atoms with Crippen molar-refractivity contribution in [1.82, 2.24) is 14.8 Å². The molecule has 0 unspecified atom stereocenters. The van der Waals surface area contributed by atoms with Crippen LogP contribution in [0.15, 0.2) is 35.3 Å². The summed E-state index contributed by atoms with van der Waals surface area (Å²) in [5, 5.41) is 3.50. The van der Waals surface area contributed by atoms with Crippen molar-refractivity contribution in [2.75, 3.05) is 19.7 Å². The van der Waals surface area contributed by atoms with Gasteiger partial charge in [-0.05, 0) is 61.4 Å². The van der Waals surface area contributed by atoms with Gasteiger partial charge in [0, 0.05) is 48.0 Å². The molecule has 1 aromatic carbocycles. The summed E-state index contributed by atoms with van der Waals surface area (Å²) >= 11 is 6.01. The van der Waals surface area contributed by atoms with Crippen LogP contribution in [-0.4, -0.2) is 53.0 Å². The summed E-state index contributed by atoms with van der Waals surface area (Å²) in [7, 11) is 0. The summed E-state index contributed by atoms with van der Waals surface area (Å²) in [6.45, 7) is 6.91. The van der Waals surface area contributed by atoms with E-state index in [9.17, 15) is 19.2 Å². The van der Waals surface area contributed by atoms with Gasteiger partial charge in [-0.15, -0.1) is 0 Å². The lowest BCUT2D eigenvalue weighted by molar-refractivity contribution is 0.0857. The first-order chi connectivity index (χ1) is 16.6. The van der Waals surface area contributed by atoms with Crippen molar-refractivity contribution in [2.24, 2.45) is 5.41 Å². The van der Waals surface area contributed by atoms with Crippen LogP contribution in [0, 0.1) is 5.41 Å². The van der Waals surface area contributed by atoms with Gasteiger partial charge in [0.25, 0.3) is 11.5 Å². The molecule has 1 aliphatic carbocycles. The van der Waals surface area contributed by atoms with Gasteiger partial charge < -0.3 is 15.0 Å². The number of amides is 2. The second kappa shape index (κ2) is 9.85. The van der Waals surface area contributed by atoms with Gasteiger partial charge in [-0.2, -0.15) is 0 Å². The molecule has 2 amide bonds. The van der Waals surface area contributed by atoms with Crippen molar-refractivity contribution in [3.63, 3.8) is 0 Å². The highest BCUT2D eigenvalue weighted by atomic mass is 35.5. The molecule has 8 nitrogen and oxygen atoms in total. The minimum absolute atomic E-state index is 0.00592. The number of fused-ring (bicyclic) bond motifs is 1. The number of ether oxygens (including phenoxy) is 1. The highest BCUT2D eigenvalue weighted by molar-refractivity contribution is 6.30. The fourth-order valence-corrected chi connectivity index (χ4v) is 4.98. The number of piperidine rings is 1. The third-order valence-corrected chi connectivity index (χ3v) is 6.85. The van der Waals surface area contributed by atoms with Gasteiger partial charge in [-0.3, -0.25) is 19.0 Å². The van der Waals surface area contributed by atoms with Gasteiger partial charge in [-0.25, -0.2) is 4.79 Å². The lowest BCUT2D eigenvalue weighted by atomic mass is 9.73. The Morgan fingerprint density at radius 1 is 1.11 bits per heavy atom. The standard InChI is InChI=1S/C26H30ClN3O5/c1-4-35-25(34)29-11-9-17(10-12-29)28-23(32)22-19-13-26(2,3)14-21(31)20(19)15-30(24(22)33)18-7-5-16(27)6-8-18/h5-8,15,17H,4,9-14H2,1-3H3,(H,28,32). The van der Waals surface area contributed by atoms with Crippen LogP contribution in [0.5, 0.6) is 0 Å². The number of hydrogen-bond donors (Lipinski definition) is 1. The van der Waals surface area contributed by atoms with Crippen molar-refractivity contribution < 1.29 is 19.1 Å². The smallest absolute Gasteiger partial charge is 0.409 e. The zero-order chi connectivity index (χ0) is 25.3. The topological polar surface area (TPSA) is 97.7 Å². The Labute approximate surface area is 209 Å². The SMILES string of the molecule is CCOC(=O)N1CCC(NC(=O)c2c3c(cn(-c4ccc(Cl)cc4)c2=O)C(=O)CC(C)(C)C3)CC1. The van der Waals surface area contributed by atoms with Gasteiger partial charge in [0.1, 0.15) is 5.56 Å². The Bertz CT molecular complexity index is 1210. The van der Waals surface area contributed by atoms with Crippen molar-refractivity contribution in [3.05, 3.63) is 62.5 Å². The quantitative estimate of drug-likeness (QED) is 0.685. The molecule has 4 rings (SSSR count). The predicted octanol–water partition coefficient (Wildman–Crippen LogP) is 4.00. The number of nitrogens with one attached hydrogen (secondary N) is 1. The molecule has 0 saturated carbocycles. The van der Waals surface area contributed by atoms with Crippen LogP contribution in [0.4, 0.5) is 4.79 Å². The van der Waals surface area contributed by atoms with Crippen LogP contribution in [0.2, 0.25) is 5.02 Å². The monoisotopic (exact) mass is 499 g/mol. The molecule has 0 spiro atoms. The van der Waals surface area contributed by atoms with Gasteiger partial charge >= 0.3 is 6.09 Å². The number of carbonyl (C=O) groups excluding carboxylic acids is 3. The number of benzene rings is 1. The lowest BCUT2D eigenvalue weighted by Crippen LogP contribution is -2.48. The summed E-state index contributed by atoms with van der Waals surface area (Å²) in [6, 6.07) is 6.48. The third kappa shape index (κ3) is 5.27. The summed E-state index contributed by atoms with van der Waals surface area (Å²) in [5.41, 5.74) is 0.605. The van der Waals surface area contributed by atoms with Crippen LogP contribution in [0.1, 0.15) is 66.3 Å². The van der Waals surface area contributed by atoms with E-state index in [-0.39, 0.29) is 28.9 Å². The van der Waals surface area contributed by atoms with E-state index in [2.05, 4.69) is 5.32 Å². The van der Waals surface area contributed by atoms with Gasteiger partial charge in [0.2, 0.25) is 0 Å². The number of aromatic nitrogens is 1. The maximum atomic E-state index is 13.6. The van der Waals surface area contributed by atoms with E-state index >= 15 is 0 Å². The Hall–Kier alpha value is -3.13. The molecule has 0 atom stereocenters. The maximum absolute atomic E-state index is 13.6. The number of likely N-dealkylation sites (tertiary alicyclic amines) is 1. The molecule has 35 heavy (non-hydrogen) atoms. The molecule has 2 heterocycles. The van der Waals surface area contributed by atoms with Gasteiger partial charge in [-0.1, -0.05) is 25.4 Å². The molecule has 2 aliphatic rings. The molecule has 1 fully saturated rings. The summed E-state index contributed by atoms with van der Waals surface area (Å²) in [4.78, 5) is 53.8. The number of carbonyl (C=O) groups is 3. The predicted molar refractivity (Wildman–Crippen MR) is 133 cm³/mol. The molecule has 1 N–H and O–H groups in total. The molecule has 9 heteroatoms. The highest BCUT2D eigenvalue weighted by Crippen LogP contribution is 2.36. The van der Waals surface area contributed by atoms with Gasteiger partial charge in [0.15, 0.2) is 5.78 Å². The molecule has 0 bridgehead atoms. The number of ketones is 1. The number of nitrogens with zero attached hydrogens (tertiary/aromatic N) is 2. The molecule has 2 aromatic rings. The first-order valence-corrected chi connectivity index (χ1v) is 12.3. The van der Waals surface area contributed by atoms with E-state index in [1.54, 1.807) is 42.3 Å². The first kappa shape index (κ1) is 25.0. The van der Waals surface area contributed by atoms with E-state index in [1.807, 2.05) is 13.8 Å². The largest absolute Gasteiger partial charge is 0.450 e. The fraction of sp³-hybridized carbons (Fsp3) is 0.462. The normalized spacial score (nSPS) is 17.6.